The SMILES string of the molecule is Cc1ccc2c(c1)nc(N)c1ncc(CCc3ccc(OCc4ccc(CPO)cc4)cc3C)cc12. The molecule has 0 saturated heterocycles. The monoisotopic (exact) mass is 495 g/mol. The molecule has 36 heavy (non-hydrogen) atoms. The number of benzene rings is 3. The molecule has 0 saturated carbocycles. The second-order valence-electron chi connectivity index (χ2n) is 9.29. The molecule has 0 aliphatic heterocycles. The van der Waals surface area contributed by atoms with Gasteiger partial charge in [0.15, 0.2) is 5.82 Å². The van der Waals surface area contributed by atoms with Crippen LogP contribution in [0.5, 0.6) is 5.75 Å². The lowest BCUT2D eigenvalue weighted by atomic mass is 9.99. The Morgan fingerprint density at radius 3 is 2.44 bits per heavy atom. The van der Waals surface area contributed by atoms with Crippen molar-refractivity contribution in [1.82, 2.24) is 9.97 Å². The summed E-state index contributed by atoms with van der Waals surface area (Å²) in [6, 6.07) is 23.0. The van der Waals surface area contributed by atoms with E-state index in [1.165, 1.54) is 16.7 Å². The lowest BCUT2D eigenvalue weighted by Crippen LogP contribution is -2.00. The van der Waals surface area contributed by atoms with Crippen LogP contribution < -0.4 is 10.5 Å². The van der Waals surface area contributed by atoms with E-state index in [9.17, 15) is 0 Å². The van der Waals surface area contributed by atoms with Gasteiger partial charge in [-0.3, -0.25) is 4.98 Å². The molecule has 5 nitrogen and oxygen atoms in total. The molecule has 3 N–H and O–H groups in total. The summed E-state index contributed by atoms with van der Waals surface area (Å²) in [6.45, 7) is 4.72. The van der Waals surface area contributed by atoms with Crippen molar-refractivity contribution in [3.05, 3.63) is 106 Å². The molecule has 0 aliphatic rings. The molecule has 2 aromatic heterocycles. The van der Waals surface area contributed by atoms with Gasteiger partial charge in [0.25, 0.3) is 0 Å². The first kappa shape index (κ1) is 24.2. The van der Waals surface area contributed by atoms with Crippen LogP contribution in [0.3, 0.4) is 0 Å². The summed E-state index contributed by atoms with van der Waals surface area (Å²) in [4.78, 5) is 18.3. The van der Waals surface area contributed by atoms with E-state index in [4.69, 9.17) is 15.4 Å². The molecule has 5 aromatic rings. The van der Waals surface area contributed by atoms with Crippen molar-refractivity contribution in [2.24, 2.45) is 0 Å². The maximum absolute atomic E-state index is 9.08. The largest absolute Gasteiger partial charge is 0.489 e. The van der Waals surface area contributed by atoms with Gasteiger partial charge in [0.05, 0.1) is 5.52 Å². The van der Waals surface area contributed by atoms with E-state index in [0.29, 0.717) is 18.6 Å². The number of anilines is 1. The number of hydrogen-bond donors (Lipinski definition) is 2. The number of aromatic nitrogens is 2. The van der Waals surface area contributed by atoms with Crippen molar-refractivity contribution >= 4 is 36.4 Å². The van der Waals surface area contributed by atoms with Crippen LogP contribution in [0.4, 0.5) is 5.82 Å². The van der Waals surface area contributed by atoms with Crippen molar-refractivity contribution in [1.29, 1.82) is 0 Å². The normalized spacial score (nSPS) is 11.6. The van der Waals surface area contributed by atoms with E-state index in [1.54, 1.807) is 0 Å². The Labute approximate surface area is 213 Å². The number of ether oxygens (including phenoxy) is 1. The average Bonchev–Trinajstić information content (AvgIpc) is 2.88. The Bertz CT molecular complexity index is 1530. The third-order valence-corrected chi connectivity index (χ3v) is 7.15. The van der Waals surface area contributed by atoms with Gasteiger partial charge < -0.3 is 15.4 Å². The fourth-order valence-electron chi connectivity index (χ4n) is 4.53. The molecule has 5 rings (SSSR count). The van der Waals surface area contributed by atoms with Gasteiger partial charge in [-0.05, 0) is 84.3 Å². The van der Waals surface area contributed by atoms with Crippen LogP contribution in [-0.2, 0) is 25.6 Å². The fourth-order valence-corrected chi connectivity index (χ4v) is 4.95. The highest BCUT2D eigenvalue weighted by Gasteiger charge is 2.10. The van der Waals surface area contributed by atoms with Gasteiger partial charge in [-0.25, -0.2) is 4.98 Å². The summed E-state index contributed by atoms with van der Waals surface area (Å²) in [6.07, 6.45) is 4.43. The molecular formula is C30H30N3O2P. The Hall–Kier alpha value is -3.53. The summed E-state index contributed by atoms with van der Waals surface area (Å²) in [5.41, 5.74) is 15.0. The number of rotatable bonds is 8. The van der Waals surface area contributed by atoms with Crippen molar-refractivity contribution < 1.29 is 9.63 Å². The summed E-state index contributed by atoms with van der Waals surface area (Å²) < 4.78 is 6.02. The molecule has 2 heterocycles. The van der Waals surface area contributed by atoms with Crippen molar-refractivity contribution in [2.75, 3.05) is 5.73 Å². The Morgan fingerprint density at radius 1 is 0.861 bits per heavy atom. The zero-order valence-corrected chi connectivity index (χ0v) is 21.6. The highest BCUT2D eigenvalue weighted by molar-refractivity contribution is 7.30. The minimum atomic E-state index is -0.0542. The van der Waals surface area contributed by atoms with E-state index < -0.39 is 0 Å². The molecule has 6 heteroatoms. The number of nitrogen functional groups attached to an aromatic ring is 1. The zero-order valence-electron chi connectivity index (χ0n) is 20.6. The molecule has 0 amide bonds. The Balaban J connectivity index is 1.27. The Kier molecular flexibility index (Phi) is 7.13. The van der Waals surface area contributed by atoms with Crippen LogP contribution in [0.1, 0.15) is 33.4 Å². The lowest BCUT2D eigenvalue weighted by molar-refractivity contribution is 0.306. The topological polar surface area (TPSA) is 81.3 Å². The van der Waals surface area contributed by atoms with Crippen molar-refractivity contribution in [3.63, 3.8) is 0 Å². The molecule has 1 unspecified atom stereocenters. The van der Waals surface area contributed by atoms with Crippen molar-refractivity contribution in [2.45, 2.75) is 39.5 Å². The second kappa shape index (κ2) is 10.6. The molecule has 182 valence electrons. The third kappa shape index (κ3) is 5.33. The average molecular weight is 496 g/mol. The molecule has 1 atom stereocenters. The van der Waals surface area contributed by atoms with E-state index in [1.807, 2.05) is 24.4 Å². The van der Waals surface area contributed by atoms with Gasteiger partial charge in [-0.1, -0.05) is 42.5 Å². The zero-order chi connectivity index (χ0) is 25.1. The van der Waals surface area contributed by atoms with Crippen LogP contribution >= 0.6 is 8.81 Å². The quantitative estimate of drug-likeness (QED) is 0.191. The van der Waals surface area contributed by atoms with Gasteiger partial charge in [0, 0.05) is 31.9 Å². The molecule has 0 radical (unpaired) electrons. The van der Waals surface area contributed by atoms with Gasteiger partial charge in [0.1, 0.15) is 17.9 Å². The number of nitrogens with two attached hydrogens (primary N) is 1. The number of pyridine rings is 2. The molecule has 0 aliphatic carbocycles. The van der Waals surface area contributed by atoms with E-state index in [-0.39, 0.29) is 8.81 Å². The molecule has 0 spiro atoms. The summed E-state index contributed by atoms with van der Waals surface area (Å²) in [5, 5.41) is 2.14. The van der Waals surface area contributed by atoms with Crippen molar-refractivity contribution in [3.8, 4) is 5.75 Å². The smallest absolute Gasteiger partial charge is 0.150 e. The van der Waals surface area contributed by atoms with Gasteiger partial charge >= 0.3 is 0 Å². The maximum Gasteiger partial charge on any atom is 0.150 e. The number of hydrogen-bond acceptors (Lipinski definition) is 5. The molecule has 0 bridgehead atoms. The van der Waals surface area contributed by atoms with E-state index in [0.717, 1.165) is 57.1 Å². The predicted octanol–water partition coefficient (Wildman–Crippen LogP) is 6.43. The summed E-state index contributed by atoms with van der Waals surface area (Å²) in [5.74, 6) is 1.34. The molecule has 0 fully saturated rings. The highest BCUT2D eigenvalue weighted by Crippen LogP contribution is 2.28. The first-order chi connectivity index (χ1) is 17.5. The van der Waals surface area contributed by atoms with Gasteiger partial charge in [-0.15, -0.1) is 0 Å². The second-order valence-corrected chi connectivity index (χ2v) is 9.96. The summed E-state index contributed by atoms with van der Waals surface area (Å²) in [7, 11) is -0.0542. The standard InChI is InChI=1S/C30H30N3O2P/c1-19-3-12-26-27-15-23(16-32-29(27)30(31)33-28(26)13-19)8-9-24-10-11-25(14-20(24)2)35-17-21-4-6-22(7-5-21)18-36-34/h3-7,10-16,34,36H,8-9,17-18H2,1-2H3,(H2,31,33). The van der Waals surface area contributed by atoms with Gasteiger partial charge in [0.2, 0.25) is 0 Å². The number of fused-ring (bicyclic) bond motifs is 3. The fraction of sp³-hybridized carbons (Fsp3) is 0.200. The first-order valence-corrected chi connectivity index (χ1v) is 13.3. The molecular weight excluding hydrogens is 465 g/mol. The minimum absolute atomic E-state index is 0.0542. The predicted molar refractivity (Wildman–Crippen MR) is 150 cm³/mol. The van der Waals surface area contributed by atoms with Crippen LogP contribution in [0.2, 0.25) is 0 Å². The maximum atomic E-state index is 9.08. The van der Waals surface area contributed by atoms with Crippen LogP contribution in [0.25, 0.3) is 21.8 Å². The van der Waals surface area contributed by atoms with E-state index in [2.05, 4.69) is 72.3 Å². The van der Waals surface area contributed by atoms with E-state index >= 15 is 0 Å². The lowest BCUT2D eigenvalue weighted by Gasteiger charge is -2.12. The van der Waals surface area contributed by atoms with Crippen LogP contribution in [0.15, 0.2) is 72.9 Å². The third-order valence-electron chi connectivity index (χ3n) is 6.58. The summed E-state index contributed by atoms with van der Waals surface area (Å²) >= 11 is 0. The Morgan fingerprint density at radius 2 is 1.67 bits per heavy atom. The molecule has 3 aromatic carbocycles. The first-order valence-electron chi connectivity index (χ1n) is 12.1. The van der Waals surface area contributed by atoms with Crippen LogP contribution in [-0.4, -0.2) is 14.9 Å². The number of nitrogens with zero attached hydrogens (tertiary/aromatic N) is 2. The minimum Gasteiger partial charge on any atom is -0.489 e. The van der Waals surface area contributed by atoms with Crippen LogP contribution in [0, 0.1) is 13.8 Å². The highest BCUT2D eigenvalue weighted by atomic mass is 31.1. The number of aryl methyl sites for hydroxylation is 4. The van der Waals surface area contributed by atoms with Gasteiger partial charge in [-0.2, -0.15) is 0 Å².